The fourth-order valence-electron chi connectivity index (χ4n) is 3.52. The maximum Gasteiger partial charge on any atom is 0.327 e. The van der Waals surface area contributed by atoms with Crippen LogP contribution in [0.1, 0.15) is 64.7 Å². The lowest BCUT2D eigenvalue weighted by Crippen LogP contribution is -2.19. The minimum Gasteiger partial charge on any atom is -0.478 e. The number of aliphatic carboxylic acids is 1. The Morgan fingerprint density at radius 2 is 2.04 bits per heavy atom. The normalized spacial score (nSPS) is 28.2. The van der Waals surface area contributed by atoms with Crippen LogP contribution in [0.25, 0.3) is 0 Å². The Bertz CT molecular complexity index is 435. The smallest absolute Gasteiger partial charge is 0.327 e. The first-order chi connectivity index (χ1) is 12.0. The van der Waals surface area contributed by atoms with Crippen molar-refractivity contribution in [3.05, 3.63) is 24.3 Å². The molecule has 1 aliphatic carbocycles. The summed E-state index contributed by atoms with van der Waals surface area (Å²) in [7, 11) is 0. The number of carbonyl (C=O) groups is 1. The maximum atomic E-state index is 14.2. The Kier molecular flexibility index (Phi) is 10.7. The molecule has 0 aromatic heterocycles. The van der Waals surface area contributed by atoms with Gasteiger partial charge in [-0.2, -0.15) is 0 Å². The molecule has 5 atom stereocenters. The number of carboxylic acids is 1. The van der Waals surface area contributed by atoms with Gasteiger partial charge in [0.2, 0.25) is 0 Å². The number of aliphatic hydroxyl groups is 2. The zero-order chi connectivity index (χ0) is 18.7. The van der Waals surface area contributed by atoms with Crippen LogP contribution < -0.4 is 0 Å². The molecule has 4 nitrogen and oxygen atoms in total. The van der Waals surface area contributed by atoms with E-state index in [0.717, 1.165) is 38.2 Å². The van der Waals surface area contributed by atoms with Gasteiger partial charge in [0.05, 0.1) is 12.2 Å². The number of hydrogen-bond acceptors (Lipinski definition) is 3. The number of hydrogen-bond donors (Lipinski definition) is 3. The van der Waals surface area contributed by atoms with Gasteiger partial charge in [-0.15, -0.1) is 0 Å². The van der Waals surface area contributed by atoms with Crippen molar-refractivity contribution in [3.63, 3.8) is 0 Å². The van der Waals surface area contributed by atoms with Crippen LogP contribution in [0.2, 0.25) is 0 Å². The zero-order valence-corrected chi connectivity index (χ0v) is 15.2. The molecular formula is C20H33FO4. The average Bonchev–Trinajstić information content (AvgIpc) is 2.82. The van der Waals surface area contributed by atoms with Crippen LogP contribution in [0, 0.1) is 11.8 Å². The predicted octanol–water partition coefficient (Wildman–Crippen LogP) is 4.02. The van der Waals surface area contributed by atoms with Crippen molar-refractivity contribution in [3.8, 4) is 0 Å². The first-order valence-corrected chi connectivity index (χ1v) is 9.53. The van der Waals surface area contributed by atoms with Gasteiger partial charge < -0.3 is 15.3 Å². The largest absolute Gasteiger partial charge is 0.478 e. The van der Waals surface area contributed by atoms with Crippen LogP contribution in [0.5, 0.6) is 0 Å². The summed E-state index contributed by atoms with van der Waals surface area (Å²) in [6.07, 6.45) is 11.0. The second kappa shape index (κ2) is 12.2. The fraction of sp³-hybridized carbons (Fsp3) is 0.750. The third kappa shape index (κ3) is 8.63. The summed E-state index contributed by atoms with van der Waals surface area (Å²) in [6, 6.07) is 0. The molecule has 0 aromatic rings. The Morgan fingerprint density at radius 3 is 2.72 bits per heavy atom. The second-order valence-electron chi connectivity index (χ2n) is 7.03. The van der Waals surface area contributed by atoms with E-state index in [1.165, 1.54) is 0 Å². The molecule has 1 rings (SSSR count). The monoisotopic (exact) mass is 356 g/mol. The molecule has 0 heterocycles. The van der Waals surface area contributed by atoms with Gasteiger partial charge in [0.25, 0.3) is 0 Å². The van der Waals surface area contributed by atoms with E-state index in [9.17, 15) is 19.4 Å². The van der Waals surface area contributed by atoms with Crippen LogP contribution in [-0.4, -0.2) is 39.7 Å². The fourth-order valence-corrected chi connectivity index (χ4v) is 3.52. The maximum absolute atomic E-state index is 14.2. The minimum atomic E-state index is -1.02. The highest BCUT2D eigenvalue weighted by atomic mass is 19.1. The van der Waals surface area contributed by atoms with Gasteiger partial charge in [-0.25, -0.2) is 9.18 Å². The van der Waals surface area contributed by atoms with E-state index in [2.05, 4.69) is 6.92 Å². The second-order valence-corrected chi connectivity index (χ2v) is 7.03. The molecule has 3 N–H and O–H groups in total. The molecule has 0 bridgehead atoms. The molecule has 5 heteroatoms. The van der Waals surface area contributed by atoms with Crippen molar-refractivity contribution in [1.82, 2.24) is 0 Å². The first-order valence-electron chi connectivity index (χ1n) is 9.53. The number of halogens is 1. The zero-order valence-electron chi connectivity index (χ0n) is 15.2. The van der Waals surface area contributed by atoms with Crippen molar-refractivity contribution < 1.29 is 24.5 Å². The van der Waals surface area contributed by atoms with Crippen LogP contribution >= 0.6 is 0 Å². The predicted molar refractivity (Wildman–Crippen MR) is 97.0 cm³/mol. The molecule has 0 spiro atoms. The van der Waals surface area contributed by atoms with Crippen molar-refractivity contribution in [2.75, 3.05) is 0 Å². The Labute approximate surface area is 150 Å². The van der Waals surface area contributed by atoms with Crippen molar-refractivity contribution >= 4 is 5.97 Å². The Hall–Kier alpha value is -1.20. The molecule has 144 valence electrons. The first kappa shape index (κ1) is 21.8. The van der Waals surface area contributed by atoms with E-state index in [-0.39, 0.29) is 18.3 Å². The van der Waals surface area contributed by atoms with Crippen LogP contribution in [-0.2, 0) is 4.79 Å². The molecule has 0 saturated heterocycles. The van der Waals surface area contributed by atoms with E-state index in [1.54, 1.807) is 18.2 Å². The lowest BCUT2D eigenvalue weighted by molar-refractivity contribution is -0.131. The summed E-state index contributed by atoms with van der Waals surface area (Å²) in [4.78, 5) is 10.4. The summed E-state index contributed by atoms with van der Waals surface area (Å²) in [5.41, 5.74) is 0. The quantitative estimate of drug-likeness (QED) is 0.280. The number of alkyl halides is 1. The molecule has 0 unspecified atom stereocenters. The van der Waals surface area contributed by atoms with E-state index in [4.69, 9.17) is 5.11 Å². The number of aliphatic hydroxyl groups excluding tert-OH is 2. The summed E-state index contributed by atoms with van der Waals surface area (Å²) in [5.74, 6) is -1.42. The van der Waals surface area contributed by atoms with Crippen molar-refractivity contribution in [2.24, 2.45) is 11.8 Å². The number of rotatable bonds is 12. The highest BCUT2D eigenvalue weighted by Crippen LogP contribution is 2.39. The Morgan fingerprint density at radius 1 is 1.28 bits per heavy atom. The van der Waals surface area contributed by atoms with Gasteiger partial charge >= 0.3 is 5.97 Å². The van der Waals surface area contributed by atoms with Crippen LogP contribution in [0.3, 0.4) is 0 Å². The summed E-state index contributed by atoms with van der Waals surface area (Å²) in [5, 5.41) is 28.6. The molecule has 0 aromatic carbocycles. The van der Waals surface area contributed by atoms with Gasteiger partial charge in [0, 0.05) is 18.4 Å². The molecule has 1 aliphatic rings. The summed E-state index contributed by atoms with van der Waals surface area (Å²) < 4.78 is 14.2. The van der Waals surface area contributed by atoms with E-state index in [0.29, 0.717) is 19.3 Å². The topological polar surface area (TPSA) is 77.8 Å². The van der Waals surface area contributed by atoms with E-state index >= 15 is 0 Å². The van der Waals surface area contributed by atoms with Gasteiger partial charge in [-0.05, 0) is 31.6 Å². The third-order valence-electron chi connectivity index (χ3n) is 4.95. The van der Waals surface area contributed by atoms with Crippen LogP contribution in [0.15, 0.2) is 24.3 Å². The highest BCUT2D eigenvalue weighted by molar-refractivity contribution is 5.79. The molecule has 0 radical (unpaired) electrons. The van der Waals surface area contributed by atoms with Gasteiger partial charge in [0.15, 0.2) is 0 Å². The molecule has 1 fully saturated rings. The standard InChI is InChI=1S/C20H33FO4/c1-2-3-6-9-15(22)12-13-17-16(18(21)14-19(17)23)10-7-4-5-8-11-20(24)25/h8,11-13,15-19,22-23H,2-7,9-10,14H2,1H3,(H,24,25)/b11-8+,13-12+/t15-,16+,17+,18+,19+/m0/s1. The van der Waals surface area contributed by atoms with Gasteiger partial charge in [0.1, 0.15) is 6.17 Å². The lowest BCUT2D eigenvalue weighted by Gasteiger charge is -2.20. The van der Waals surface area contributed by atoms with E-state index < -0.39 is 24.3 Å². The minimum absolute atomic E-state index is 0.157. The van der Waals surface area contributed by atoms with Gasteiger partial charge in [-0.1, -0.05) is 50.8 Å². The molecular weight excluding hydrogens is 323 g/mol. The van der Waals surface area contributed by atoms with E-state index in [1.807, 2.05) is 0 Å². The highest BCUT2D eigenvalue weighted by Gasteiger charge is 2.40. The summed E-state index contributed by atoms with van der Waals surface area (Å²) in [6.45, 7) is 2.11. The van der Waals surface area contributed by atoms with Crippen LogP contribution in [0.4, 0.5) is 4.39 Å². The number of unbranched alkanes of at least 4 members (excludes halogenated alkanes) is 4. The molecule has 0 amide bonds. The summed E-state index contributed by atoms with van der Waals surface area (Å²) >= 11 is 0. The van der Waals surface area contributed by atoms with Gasteiger partial charge in [-0.3, -0.25) is 0 Å². The third-order valence-corrected chi connectivity index (χ3v) is 4.95. The molecule has 1 saturated carbocycles. The lowest BCUT2D eigenvalue weighted by atomic mass is 9.88. The average molecular weight is 356 g/mol. The Balaban J connectivity index is 2.43. The van der Waals surface area contributed by atoms with Crippen molar-refractivity contribution in [1.29, 1.82) is 0 Å². The number of carboxylic acid groups (broad SMARTS) is 1. The number of allylic oxidation sites excluding steroid dienone is 1. The SMILES string of the molecule is CCCCC[C@H](O)/C=C/[C@@H]1[C@@H](CCCC/C=C/C(=O)O)[C@H](F)C[C@H]1O. The molecule has 25 heavy (non-hydrogen) atoms. The van der Waals surface area contributed by atoms with Crippen molar-refractivity contribution in [2.45, 2.75) is 83.1 Å². The molecule has 0 aliphatic heterocycles.